The second-order valence-corrected chi connectivity index (χ2v) is 4.44. The van der Waals surface area contributed by atoms with Gasteiger partial charge in [-0.25, -0.2) is 4.98 Å². The van der Waals surface area contributed by atoms with Crippen LogP contribution in [0.25, 0.3) is 0 Å². The highest BCUT2D eigenvalue weighted by Crippen LogP contribution is 2.06. The van der Waals surface area contributed by atoms with Gasteiger partial charge in [-0.2, -0.15) is 4.39 Å². The van der Waals surface area contributed by atoms with E-state index in [4.69, 9.17) is 0 Å². The van der Waals surface area contributed by atoms with Crippen LogP contribution in [0.2, 0.25) is 0 Å². The highest BCUT2D eigenvalue weighted by Gasteiger charge is 2.18. The van der Waals surface area contributed by atoms with Gasteiger partial charge < -0.3 is 10.2 Å². The quantitative estimate of drug-likeness (QED) is 0.772. The van der Waals surface area contributed by atoms with Gasteiger partial charge in [-0.1, -0.05) is 13.8 Å². The summed E-state index contributed by atoms with van der Waals surface area (Å²) >= 11 is 0. The van der Waals surface area contributed by atoms with Gasteiger partial charge in [0.25, 0.3) is 5.91 Å². The Bertz CT molecular complexity index is 465. The monoisotopic (exact) mass is 281 g/mol. The molecule has 1 aromatic heterocycles. The van der Waals surface area contributed by atoms with Crippen LogP contribution in [0.5, 0.6) is 0 Å². The highest BCUT2D eigenvalue weighted by molar-refractivity contribution is 5.96. The average Bonchev–Trinajstić information content (AvgIpc) is 2.44. The fraction of sp³-hybridized carbons (Fsp3) is 0.500. The Morgan fingerprint density at radius 2 is 2.10 bits per heavy atom. The Morgan fingerprint density at radius 1 is 1.35 bits per heavy atom. The van der Waals surface area contributed by atoms with Crippen LogP contribution in [0, 0.1) is 5.95 Å². The molecule has 0 aliphatic carbocycles. The topological polar surface area (TPSA) is 62.3 Å². The summed E-state index contributed by atoms with van der Waals surface area (Å²) in [6.07, 6.45) is 2.80. The number of hydrogen-bond acceptors (Lipinski definition) is 3. The summed E-state index contributed by atoms with van der Waals surface area (Å²) in [6.45, 7) is 4.88. The standard InChI is InChI=1S/C14H20FN3O2/c1-3-6-17-13(19)10-18(8-4-2)14(20)11-5-7-16-12(15)9-11/h5,7,9H,3-4,6,8,10H2,1-2H3,(H,17,19). The van der Waals surface area contributed by atoms with Crippen LogP contribution < -0.4 is 5.32 Å². The Hall–Kier alpha value is -1.98. The number of carbonyl (C=O) groups excluding carboxylic acids is 2. The Balaban J connectivity index is 2.74. The van der Waals surface area contributed by atoms with Crippen LogP contribution in [0.15, 0.2) is 18.3 Å². The fourth-order valence-electron chi connectivity index (χ4n) is 1.73. The smallest absolute Gasteiger partial charge is 0.254 e. The third kappa shape index (κ3) is 4.95. The molecule has 0 aromatic carbocycles. The number of amides is 2. The second kappa shape index (κ2) is 8.24. The van der Waals surface area contributed by atoms with Gasteiger partial charge in [0.15, 0.2) is 0 Å². The van der Waals surface area contributed by atoms with Crippen molar-refractivity contribution in [1.82, 2.24) is 15.2 Å². The largest absolute Gasteiger partial charge is 0.355 e. The highest BCUT2D eigenvalue weighted by atomic mass is 19.1. The summed E-state index contributed by atoms with van der Waals surface area (Å²) in [5.41, 5.74) is 0.203. The van der Waals surface area contributed by atoms with E-state index in [0.29, 0.717) is 13.1 Å². The van der Waals surface area contributed by atoms with Crippen molar-refractivity contribution >= 4 is 11.8 Å². The van der Waals surface area contributed by atoms with E-state index in [1.807, 2.05) is 13.8 Å². The van der Waals surface area contributed by atoms with Crippen molar-refractivity contribution in [3.8, 4) is 0 Å². The molecule has 1 aromatic rings. The van der Waals surface area contributed by atoms with Crippen molar-refractivity contribution in [2.24, 2.45) is 0 Å². The first kappa shape index (κ1) is 16.1. The number of pyridine rings is 1. The lowest BCUT2D eigenvalue weighted by molar-refractivity contribution is -0.121. The van der Waals surface area contributed by atoms with Gasteiger partial charge in [0.1, 0.15) is 0 Å². The van der Waals surface area contributed by atoms with Crippen molar-refractivity contribution in [3.63, 3.8) is 0 Å². The van der Waals surface area contributed by atoms with E-state index in [-0.39, 0.29) is 23.9 Å². The molecular weight excluding hydrogens is 261 g/mol. The molecule has 1 rings (SSSR count). The minimum absolute atomic E-state index is 0.0172. The molecule has 0 unspecified atom stereocenters. The van der Waals surface area contributed by atoms with Gasteiger partial charge in [-0.15, -0.1) is 0 Å². The molecule has 1 heterocycles. The molecule has 6 heteroatoms. The lowest BCUT2D eigenvalue weighted by Gasteiger charge is -2.21. The van der Waals surface area contributed by atoms with Gasteiger partial charge in [0.2, 0.25) is 11.9 Å². The molecule has 5 nitrogen and oxygen atoms in total. The summed E-state index contributed by atoms with van der Waals surface area (Å²) in [6, 6.07) is 2.52. The molecule has 0 spiro atoms. The van der Waals surface area contributed by atoms with Crippen LogP contribution in [0.3, 0.4) is 0 Å². The zero-order valence-corrected chi connectivity index (χ0v) is 11.9. The minimum Gasteiger partial charge on any atom is -0.355 e. The fourth-order valence-corrected chi connectivity index (χ4v) is 1.73. The van der Waals surface area contributed by atoms with Crippen molar-refractivity contribution < 1.29 is 14.0 Å². The van der Waals surface area contributed by atoms with E-state index in [2.05, 4.69) is 10.3 Å². The van der Waals surface area contributed by atoms with E-state index in [1.54, 1.807) is 0 Å². The molecule has 0 radical (unpaired) electrons. The van der Waals surface area contributed by atoms with Crippen LogP contribution in [0.4, 0.5) is 4.39 Å². The molecule has 0 atom stereocenters. The molecule has 0 aliphatic rings. The van der Waals surface area contributed by atoms with E-state index in [0.717, 1.165) is 18.9 Å². The summed E-state index contributed by atoms with van der Waals surface area (Å²) in [5, 5.41) is 2.72. The zero-order chi connectivity index (χ0) is 15.0. The van der Waals surface area contributed by atoms with Gasteiger partial charge >= 0.3 is 0 Å². The van der Waals surface area contributed by atoms with Crippen LogP contribution in [-0.4, -0.2) is 41.3 Å². The van der Waals surface area contributed by atoms with Crippen molar-refractivity contribution in [3.05, 3.63) is 29.8 Å². The molecule has 0 bridgehead atoms. The number of rotatable bonds is 7. The molecule has 1 N–H and O–H groups in total. The first-order valence-corrected chi connectivity index (χ1v) is 6.76. The summed E-state index contributed by atoms with van der Waals surface area (Å²) < 4.78 is 13.0. The SMILES string of the molecule is CCCNC(=O)CN(CCC)C(=O)c1ccnc(F)c1. The molecule has 0 fully saturated rings. The van der Waals surface area contributed by atoms with Gasteiger partial charge in [-0.3, -0.25) is 9.59 Å². The zero-order valence-electron chi connectivity index (χ0n) is 11.9. The third-order valence-electron chi connectivity index (χ3n) is 2.66. The van der Waals surface area contributed by atoms with Crippen molar-refractivity contribution in [1.29, 1.82) is 0 Å². The Labute approximate surface area is 118 Å². The first-order chi connectivity index (χ1) is 9.58. The number of aromatic nitrogens is 1. The summed E-state index contributed by atoms with van der Waals surface area (Å²) in [7, 11) is 0. The molecule has 20 heavy (non-hydrogen) atoms. The lowest BCUT2D eigenvalue weighted by Crippen LogP contribution is -2.41. The second-order valence-electron chi connectivity index (χ2n) is 4.44. The number of halogens is 1. The number of nitrogens with one attached hydrogen (secondary N) is 1. The molecule has 110 valence electrons. The van der Waals surface area contributed by atoms with E-state index in [1.165, 1.54) is 17.2 Å². The number of hydrogen-bond donors (Lipinski definition) is 1. The summed E-state index contributed by atoms with van der Waals surface area (Å²) in [4.78, 5) is 28.8. The minimum atomic E-state index is -0.706. The van der Waals surface area contributed by atoms with Crippen molar-refractivity contribution in [2.75, 3.05) is 19.6 Å². The normalized spacial score (nSPS) is 10.2. The molecular formula is C14H20FN3O2. The predicted octanol–water partition coefficient (Wildman–Crippen LogP) is 1.60. The molecule has 0 aliphatic heterocycles. The molecule has 0 saturated carbocycles. The predicted molar refractivity (Wildman–Crippen MR) is 73.7 cm³/mol. The molecule has 0 saturated heterocycles. The van der Waals surface area contributed by atoms with Crippen LogP contribution in [0.1, 0.15) is 37.0 Å². The van der Waals surface area contributed by atoms with E-state index < -0.39 is 5.95 Å². The van der Waals surface area contributed by atoms with Crippen molar-refractivity contribution in [2.45, 2.75) is 26.7 Å². The van der Waals surface area contributed by atoms with Crippen LogP contribution in [-0.2, 0) is 4.79 Å². The van der Waals surface area contributed by atoms with Gasteiger partial charge in [0.05, 0.1) is 6.54 Å². The van der Waals surface area contributed by atoms with E-state index >= 15 is 0 Å². The molecule has 2 amide bonds. The lowest BCUT2D eigenvalue weighted by atomic mass is 10.2. The summed E-state index contributed by atoms with van der Waals surface area (Å²) in [5.74, 6) is -1.27. The Kier molecular flexibility index (Phi) is 6.63. The van der Waals surface area contributed by atoms with Gasteiger partial charge in [-0.05, 0) is 18.9 Å². The average molecular weight is 281 g/mol. The third-order valence-corrected chi connectivity index (χ3v) is 2.66. The maximum atomic E-state index is 13.0. The van der Waals surface area contributed by atoms with E-state index in [9.17, 15) is 14.0 Å². The first-order valence-electron chi connectivity index (χ1n) is 6.76. The number of nitrogens with zero attached hydrogens (tertiary/aromatic N) is 2. The number of carbonyl (C=O) groups is 2. The van der Waals surface area contributed by atoms with Gasteiger partial charge in [0, 0.05) is 30.9 Å². The Morgan fingerprint density at radius 3 is 2.70 bits per heavy atom. The maximum Gasteiger partial charge on any atom is 0.254 e. The van der Waals surface area contributed by atoms with Crippen LogP contribution >= 0.6 is 0 Å². The maximum absolute atomic E-state index is 13.0.